The molecule has 0 bridgehead atoms. The predicted molar refractivity (Wildman–Crippen MR) is 160 cm³/mol. The van der Waals surface area contributed by atoms with Crippen LogP contribution in [0.5, 0.6) is 5.75 Å². The first-order valence-electron chi connectivity index (χ1n) is 14.8. The van der Waals surface area contributed by atoms with E-state index in [9.17, 15) is 9.90 Å². The Hall–Kier alpha value is -2.45. The fourth-order valence-electron chi connectivity index (χ4n) is 5.70. The number of amides is 1. The van der Waals surface area contributed by atoms with E-state index in [1.54, 1.807) is 14.2 Å². The van der Waals surface area contributed by atoms with Crippen LogP contribution >= 0.6 is 0 Å². The van der Waals surface area contributed by atoms with E-state index in [0.29, 0.717) is 37.8 Å². The maximum absolute atomic E-state index is 13.1. The van der Waals surface area contributed by atoms with Crippen molar-refractivity contribution in [3.8, 4) is 5.75 Å². The molecule has 1 amide bonds. The first-order valence-corrected chi connectivity index (χ1v) is 14.8. The van der Waals surface area contributed by atoms with Crippen LogP contribution in [0, 0.1) is 5.92 Å². The van der Waals surface area contributed by atoms with Gasteiger partial charge in [0.1, 0.15) is 5.75 Å². The molecular formula is C33H50N2O5. The maximum Gasteiger partial charge on any atom is 0.225 e. The van der Waals surface area contributed by atoms with Crippen LogP contribution < -0.4 is 0 Å². The fourth-order valence-corrected chi connectivity index (χ4v) is 5.70. The van der Waals surface area contributed by atoms with E-state index >= 15 is 0 Å². The number of ether oxygens (including phenoxy) is 3. The molecule has 7 nitrogen and oxygen atoms in total. The van der Waals surface area contributed by atoms with Crippen LogP contribution in [0.15, 0.2) is 48.5 Å². The molecule has 7 heteroatoms. The van der Waals surface area contributed by atoms with Crippen LogP contribution in [-0.2, 0) is 30.8 Å². The Balaban J connectivity index is 1.63. The van der Waals surface area contributed by atoms with Crippen molar-refractivity contribution >= 4 is 5.91 Å². The summed E-state index contributed by atoms with van der Waals surface area (Å²) in [5.74, 6) is 0.709. The lowest BCUT2D eigenvalue weighted by molar-refractivity contribution is -0.151. The summed E-state index contributed by atoms with van der Waals surface area (Å²) >= 11 is 0. The minimum Gasteiger partial charge on any atom is -0.508 e. The number of likely N-dealkylation sites (tertiary alicyclic amines) is 1. The van der Waals surface area contributed by atoms with Gasteiger partial charge in [0.2, 0.25) is 5.91 Å². The minimum atomic E-state index is -0.455. The molecule has 1 atom stereocenters. The van der Waals surface area contributed by atoms with Gasteiger partial charge in [-0.2, -0.15) is 0 Å². The van der Waals surface area contributed by atoms with Crippen molar-refractivity contribution in [2.45, 2.75) is 71.1 Å². The van der Waals surface area contributed by atoms with Gasteiger partial charge in [-0.3, -0.25) is 4.79 Å². The molecule has 0 aromatic heterocycles. The van der Waals surface area contributed by atoms with Gasteiger partial charge < -0.3 is 29.1 Å². The summed E-state index contributed by atoms with van der Waals surface area (Å²) in [6.45, 7) is 12.8. The molecule has 40 heavy (non-hydrogen) atoms. The molecule has 2 aromatic carbocycles. The van der Waals surface area contributed by atoms with Crippen molar-refractivity contribution in [1.29, 1.82) is 0 Å². The molecule has 0 aliphatic carbocycles. The van der Waals surface area contributed by atoms with Crippen molar-refractivity contribution in [2.24, 2.45) is 5.92 Å². The van der Waals surface area contributed by atoms with Crippen LogP contribution in [0.1, 0.15) is 63.6 Å². The van der Waals surface area contributed by atoms with Crippen LogP contribution in [0.4, 0.5) is 0 Å². The van der Waals surface area contributed by atoms with Gasteiger partial charge in [-0.15, -0.1) is 0 Å². The van der Waals surface area contributed by atoms with E-state index in [1.807, 2.05) is 23.1 Å². The Kier molecular flexibility index (Phi) is 12.4. The molecule has 1 N–H and O–H groups in total. The van der Waals surface area contributed by atoms with Gasteiger partial charge in [0.05, 0.1) is 26.2 Å². The monoisotopic (exact) mass is 554 g/mol. The number of hydrogen-bond acceptors (Lipinski definition) is 6. The molecule has 3 rings (SSSR count). The highest BCUT2D eigenvalue weighted by Crippen LogP contribution is 2.45. The summed E-state index contributed by atoms with van der Waals surface area (Å²) in [7, 11) is 3.18. The molecule has 1 heterocycles. The first-order chi connectivity index (χ1) is 19.2. The lowest BCUT2D eigenvalue weighted by atomic mass is 9.67. The van der Waals surface area contributed by atoms with E-state index in [1.165, 1.54) is 5.56 Å². The number of carbonyl (C=O) groups excluding carboxylic acids is 1. The Bertz CT molecular complexity index is 1030. The Labute approximate surface area is 241 Å². The zero-order valence-electron chi connectivity index (χ0n) is 25.4. The largest absolute Gasteiger partial charge is 0.508 e. The number of phenols is 1. The molecule has 0 saturated carbocycles. The maximum atomic E-state index is 13.1. The van der Waals surface area contributed by atoms with E-state index in [2.05, 4.69) is 62.9 Å². The number of aromatic hydroxyl groups is 1. The molecule has 1 saturated heterocycles. The zero-order valence-corrected chi connectivity index (χ0v) is 25.4. The van der Waals surface area contributed by atoms with Crippen LogP contribution in [0.2, 0.25) is 0 Å². The van der Waals surface area contributed by atoms with Gasteiger partial charge in [-0.1, -0.05) is 63.2 Å². The second kappa shape index (κ2) is 15.5. The number of hydrogen-bond donors (Lipinski definition) is 1. The van der Waals surface area contributed by atoms with Crippen LogP contribution in [-0.4, -0.2) is 86.8 Å². The summed E-state index contributed by atoms with van der Waals surface area (Å²) < 4.78 is 16.6. The molecular weight excluding hydrogens is 504 g/mol. The number of methoxy groups -OCH3 is 2. The molecule has 0 unspecified atom stereocenters. The van der Waals surface area contributed by atoms with Gasteiger partial charge in [-0.05, 0) is 68.9 Å². The smallest absolute Gasteiger partial charge is 0.225 e. The third-order valence-corrected chi connectivity index (χ3v) is 8.70. The van der Waals surface area contributed by atoms with E-state index < -0.39 is 6.29 Å². The van der Waals surface area contributed by atoms with Gasteiger partial charge in [0, 0.05) is 31.2 Å². The summed E-state index contributed by atoms with van der Waals surface area (Å²) in [5, 5.41) is 11.0. The number of rotatable bonds is 15. The van der Waals surface area contributed by atoms with Gasteiger partial charge in [0.25, 0.3) is 0 Å². The predicted octanol–water partition coefficient (Wildman–Crippen LogP) is 5.24. The highest BCUT2D eigenvalue weighted by atomic mass is 16.7. The number of carbonyl (C=O) groups is 1. The summed E-state index contributed by atoms with van der Waals surface area (Å²) in [6.07, 6.45) is 2.51. The molecule has 1 aliphatic rings. The average Bonchev–Trinajstić information content (AvgIpc) is 2.98. The Morgan fingerprint density at radius 3 is 2.30 bits per heavy atom. The molecule has 1 aliphatic heterocycles. The normalized spacial score (nSPS) is 16.4. The summed E-state index contributed by atoms with van der Waals surface area (Å²) in [6, 6.07) is 16.7. The highest BCUT2D eigenvalue weighted by Gasteiger charge is 2.39. The third-order valence-electron chi connectivity index (χ3n) is 8.70. The standard InChI is InChI=1S/C33H50N2O5/c1-7-34-19-17-33(18-20-34,28-11-9-8-10-12-28)29-23-27(13-14-30(29)36)15-21-40-22-16-31(37)35(26(4)25(2)3)24-32(38-5)39-6/h8-14,23,25-26,32,36H,7,15-22,24H2,1-6H3/t26-/m1/s1. The summed E-state index contributed by atoms with van der Waals surface area (Å²) in [4.78, 5) is 17.4. The number of benzene rings is 2. The molecule has 1 fully saturated rings. The SMILES string of the molecule is CCN1CCC(c2ccccc2)(c2cc(CCOCCC(=O)N(CC(OC)OC)[C@H](C)C(C)C)ccc2O)CC1. The number of piperidine rings is 1. The summed E-state index contributed by atoms with van der Waals surface area (Å²) in [5.41, 5.74) is 3.19. The van der Waals surface area contributed by atoms with Crippen molar-refractivity contribution in [3.05, 3.63) is 65.2 Å². The van der Waals surface area contributed by atoms with Gasteiger partial charge in [0.15, 0.2) is 6.29 Å². The van der Waals surface area contributed by atoms with Crippen molar-refractivity contribution in [1.82, 2.24) is 9.80 Å². The number of nitrogens with zero attached hydrogens (tertiary/aromatic N) is 2. The van der Waals surface area contributed by atoms with Crippen LogP contribution in [0.25, 0.3) is 0 Å². The van der Waals surface area contributed by atoms with Gasteiger partial charge in [-0.25, -0.2) is 0 Å². The van der Waals surface area contributed by atoms with E-state index in [0.717, 1.165) is 50.0 Å². The Morgan fingerprint density at radius 1 is 1.02 bits per heavy atom. The zero-order chi connectivity index (χ0) is 29.1. The van der Waals surface area contributed by atoms with E-state index in [-0.39, 0.29) is 17.4 Å². The quantitative estimate of drug-likeness (QED) is 0.240. The molecule has 0 spiro atoms. The fraction of sp³-hybridized carbons (Fsp3) is 0.606. The lowest BCUT2D eigenvalue weighted by Gasteiger charge is -2.43. The van der Waals surface area contributed by atoms with Crippen molar-refractivity contribution in [3.63, 3.8) is 0 Å². The van der Waals surface area contributed by atoms with E-state index in [4.69, 9.17) is 14.2 Å². The number of phenolic OH excluding ortho intramolecular Hbond substituents is 1. The second-order valence-electron chi connectivity index (χ2n) is 11.3. The van der Waals surface area contributed by atoms with Crippen molar-refractivity contribution < 1.29 is 24.1 Å². The van der Waals surface area contributed by atoms with Gasteiger partial charge >= 0.3 is 0 Å². The average molecular weight is 555 g/mol. The van der Waals surface area contributed by atoms with Crippen LogP contribution in [0.3, 0.4) is 0 Å². The highest BCUT2D eigenvalue weighted by molar-refractivity contribution is 5.76. The second-order valence-corrected chi connectivity index (χ2v) is 11.3. The lowest BCUT2D eigenvalue weighted by Crippen LogP contribution is -2.46. The molecule has 2 aromatic rings. The Morgan fingerprint density at radius 2 is 1.70 bits per heavy atom. The molecule has 0 radical (unpaired) electrons. The third kappa shape index (κ3) is 8.06. The van der Waals surface area contributed by atoms with Crippen molar-refractivity contribution in [2.75, 3.05) is 53.6 Å². The topological polar surface area (TPSA) is 71.5 Å². The molecule has 222 valence electrons. The first kappa shape index (κ1) is 32.1. The minimum absolute atomic E-state index is 0.0374.